The summed E-state index contributed by atoms with van der Waals surface area (Å²) >= 11 is 3.64. The number of carboxylic acid groups (broad SMARTS) is 1. The number of hydrogen-bond acceptors (Lipinski definition) is 3. The second kappa shape index (κ2) is 20.8. The van der Waals surface area contributed by atoms with Gasteiger partial charge in [0.15, 0.2) is 11.5 Å². The van der Waals surface area contributed by atoms with Crippen LogP contribution in [0.5, 0.6) is 11.5 Å². The second-order valence-corrected chi connectivity index (χ2v) is 11.1. The Balaban J connectivity index is 3.13. The molecule has 4 nitrogen and oxygen atoms in total. The van der Waals surface area contributed by atoms with Crippen molar-refractivity contribution in [1.29, 1.82) is 0 Å². The summed E-state index contributed by atoms with van der Waals surface area (Å²) < 4.78 is 5.75. The van der Waals surface area contributed by atoms with E-state index in [9.17, 15) is 15.0 Å². The highest BCUT2D eigenvalue weighted by Crippen LogP contribution is 2.45. The Kier molecular flexibility index (Phi) is 18.9. The summed E-state index contributed by atoms with van der Waals surface area (Å²) in [5.41, 5.74) is 3.29. The fraction of sp³-hybridized carbons (Fsp3) is 0.774. The molecule has 0 aliphatic heterocycles. The number of phenolic OH excluding ortho intramolecular Hbond substituents is 1. The van der Waals surface area contributed by atoms with Gasteiger partial charge in [0, 0.05) is 5.56 Å². The van der Waals surface area contributed by atoms with Crippen molar-refractivity contribution >= 4 is 22.1 Å². The summed E-state index contributed by atoms with van der Waals surface area (Å²) in [4.78, 5) is 11.4. The van der Waals surface area contributed by atoms with E-state index in [4.69, 9.17) is 4.74 Å². The Morgan fingerprint density at radius 1 is 0.611 bits per heavy atom. The van der Waals surface area contributed by atoms with Gasteiger partial charge in [0.1, 0.15) is 0 Å². The molecule has 0 spiro atoms. The van der Waals surface area contributed by atoms with E-state index in [2.05, 4.69) is 36.7 Å². The van der Waals surface area contributed by atoms with Gasteiger partial charge in [-0.15, -0.1) is 0 Å². The Bertz CT molecular complexity index is 689. The van der Waals surface area contributed by atoms with E-state index in [1.165, 1.54) is 95.5 Å². The third-order valence-corrected chi connectivity index (χ3v) is 8.06. The number of aromatic hydroxyl groups is 1. The molecule has 0 amide bonds. The van der Waals surface area contributed by atoms with E-state index in [0.29, 0.717) is 4.47 Å². The van der Waals surface area contributed by atoms with Crippen molar-refractivity contribution in [3.05, 3.63) is 21.2 Å². The minimum Gasteiger partial charge on any atom is -0.504 e. The van der Waals surface area contributed by atoms with Crippen LogP contribution in [0, 0.1) is 0 Å². The lowest BCUT2D eigenvalue weighted by Gasteiger charge is -2.21. The maximum absolute atomic E-state index is 11.4. The number of rotatable bonds is 22. The predicted molar refractivity (Wildman–Crippen MR) is 156 cm³/mol. The van der Waals surface area contributed by atoms with Gasteiger partial charge in [-0.2, -0.15) is 0 Å². The highest BCUT2D eigenvalue weighted by atomic mass is 79.9. The Morgan fingerprint density at radius 3 is 1.39 bits per heavy atom. The van der Waals surface area contributed by atoms with Gasteiger partial charge in [0.2, 0.25) is 0 Å². The standard InChI is InChI=1S/C31H53BrO4/c1-4-7-10-13-16-19-22-25-26(23-20-17-14-11-8-5-2)28(32)30(36-31(34)35)29(33)27(25)24-21-18-15-12-9-6-3/h33H,4-24H2,1-3H3,(H,34,35). The number of ether oxygens (including phenoxy) is 1. The summed E-state index contributed by atoms with van der Waals surface area (Å²) in [6, 6.07) is 0. The molecular weight excluding hydrogens is 516 g/mol. The van der Waals surface area contributed by atoms with E-state index >= 15 is 0 Å². The average Bonchev–Trinajstić information content (AvgIpc) is 2.85. The largest absolute Gasteiger partial charge is 0.511 e. The zero-order valence-electron chi connectivity index (χ0n) is 23.4. The van der Waals surface area contributed by atoms with Crippen molar-refractivity contribution in [2.45, 2.75) is 156 Å². The van der Waals surface area contributed by atoms with Crippen LogP contribution in [-0.2, 0) is 19.3 Å². The minimum atomic E-state index is -1.38. The van der Waals surface area contributed by atoms with Crippen LogP contribution in [0.3, 0.4) is 0 Å². The smallest absolute Gasteiger partial charge is 0.504 e. The maximum atomic E-state index is 11.4. The maximum Gasteiger partial charge on any atom is 0.511 e. The summed E-state index contributed by atoms with van der Waals surface area (Å²) in [6.07, 6.45) is 22.9. The number of carbonyl (C=O) groups is 1. The van der Waals surface area contributed by atoms with Gasteiger partial charge in [0.05, 0.1) is 4.47 Å². The molecule has 0 aliphatic carbocycles. The minimum absolute atomic E-state index is 0.0190. The highest BCUT2D eigenvalue weighted by Gasteiger charge is 2.24. The lowest BCUT2D eigenvalue weighted by molar-refractivity contribution is 0.142. The molecule has 208 valence electrons. The first-order chi connectivity index (χ1) is 17.5. The summed E-state index contributed by atoms with van der Waals surface area (Å²) in [6.45, 7) is 6.70. The predicted octanol–water partition coefficient (Wildman–Crippen LogP) is 10.9. The summed E-state index contributed by atoms with van der Waals surface area (Å²) in [7, 11) is 0. The first-order valence-corrected chi connectivity index (χ1v) is 15.7. The van der Waals surface area contributed by atoms with E-state index < -0.39 is 6.16 Å². The van der Waals surface area contributed by atoms with Crippen molar-refractivity contribution in [3.63, 3.8) is 0 Å². The summed E-state index contributed by atoms with van der Waals surface area (Å²) in [5.74, 6) is 0.0988. The summed E-state index contributed by atoms with van der Waals surface area (Å²) in [5, 5.41) is 20.5. The normalized spacial score (nSPS) is 11.2. The number of phenols is 1. The first kappa shape index (κ1) is 32.8. The first-order valence-electron chi connectivity index (χ1n) is 14.9. The van der Waals surface area contributed by atoms with E-state index in [-0.39, 0.29) is 11.5 Å². The third kappa shape index (κ3) is 12.8. The molecule has 1 rings (SSSR count). The molecule has 1 aromatic rings. The van der Waals surface area contributed by atoms with Crippen LogP contribution in [0.15, 0.2) is 4.47 Å². The number of halogens is 1. The Morgan fingerprint density at radius 2 is 0.972 bits per heavy atom. The second-order valence-electron chi connectivity index (χ2n) is 10.3. The third-order valence-electron chi connectivity index (χ3n) is 7.22. The van der Waals surface area contributed by atoms with Crippen LogP contribution in [0.25, 0.3) is 0 Å². The van der Waals surface area contributed by atoms with E-state index in [1.54, 1.807) is 0 Å². The van der Waals surface area contributed by atoms with Crippen LogP contribution >= 0.6 is 15.9 Å². The monoisotopic (exact) mass is 568 g/mol. The number of hydrogen-bond donors (Lipinski definition) is 2. The highest BCUT2D eigenvalue weighted by molar-refractivity contribution is 9.10. The van der Waals surface area contributed by atoms with Gasteiger partial charge in [-0.3, -0.25) is 0 Å². The SMILES string of the molecule is CCCCCCCCc1c(O)c(OC(=O)O)c(Br)c(CCCCCCCC)c1CCCCCCCC. The quantitative estimate of drug-likeness (QED) is 0.0828. The van der Waals surface area contributed by atoms with Crippen molar-refractivity contribution < 1.29 is 19.7 Å². The fourth-order valence-electron chi connectivity index (χ4n) is 5.09. The van der Waals surface area contributed by atoms with Crippen molar-refractivity contribution in [2.24, 2.45) is 0 Å². The average molecular weight is 570 g/mol. The molecular formula is C31H53BrO4. The van der Waals surface area contributed by atoms with Crippen LogP contribution in [-0.4, -0.2) is 16.4 Å². The van der Waals surface area contributed by atoms with Crippen molar-refractivity contribution in [1.82, 2.24) is 0 Å². The van der Waals surface area contributed by atoms with Crippen LogP contribution < -0.4 is 4.74 Å². The molecule has 0 heterocycles. The lowest BCUT2D eigenvalue weighted by Crippen LogP contribution is -2.10. The number of unbranched alkanes of at least 4 members (excludes halogenated alkanes) is 15. The molecule has 0 bridgehead atoms. The van der Waals surface area contributed by atoms with E-state index in [1.807, 2.05) is 0 Å². The van der Waals surface area contributed by atoms with Crippen LogP contribution in [0.2, 0.25) is 0 Å². The molecule has 5 heteroatoms. The van der Waals surface area contributed by atoms with Gasteiger partial charge in [-0.05, 0) is 65.6 Å². The van der Waals surface area contributed by atoms with Gasteiger partial charge in [-0.1, -0.05) is 117 Å². The molecule has 36 heavy (non-hydrogen) atoms. The fourth-order valence-corrected chi connectivity index (χ4v) is 5.80. The zero-order chi connectivity index (χ0) is 26.6. The molecule has 0 saturated heterocycles. The Hall–Kier alpha value is -1.23. The Labute approximate surface area is 229 Å². The molecule has 0 radical (unpaired) electrons. The lowest BCUT2D eigenvalue weighted by atomic mass is 9.88. The van der Waals surface area contributed by atoms with Crippen molar-refractivity contribution in [2.75, 3.05) is 0 Å². The molecule has 0 atom stereocenters. The van der Waals surface area contributed by atoms with Gasteiger partial charge in [0.25, 0.3) is 0 Å². The molecule has 0 fully saturated rings. The zero-order valence-corrected chi connectivity index (χ0v) is 25.0. The number of benzene rings is 1. The molecule has 0 aromatic heterocycles. The molecule has 1 aromatic carbocycles. The van der Waals surface area contributed by atoms with Gasteiger partial charge >= 0.3 is 6.16 Å². The van der Waals surface area contributed by atoms with Crippen molar-refractivity contribution in [3.8, 4) is 11.5 Å². The van der Waals surface area contributed by atoms with Crippen LogP contribution in [0.4, 0.5) is 4.79 Å². The van der Waals surface area contributed by atoms with Gasteiger partial charge < -0.3 is 14.9 Å². The molecule has 0 saturated carbocycles. The van der Waals surface area contributed by atoms with E-state index in [0.717, 1.165) is 56.1 Å². The topological polar surface area (TPSA) is 66.8 Å². The molecule has 2 N–H and O–H groups in total. The van der Waals surface area contributed by atoms with Crippen LogP contribution in [0.1, 0.15) is 153 Å². The molecule has 0 unspecified atom stereocenters. The van der Waals surface area contributed by atoms with Gasteiger partial charge in [-0.25, -0.2) is 4.79 Å². The molecule has 0 aliphatic rings.